The van der Waals surface area contributed by atoms with Gasteiger partial charge in [0, 0.05) is 24.8 Å². The number of nitrogens with one attached hydrogen (secondary N) is 1. The van der Waals surface area contributed by atoms with Gasteiger partial charge in [-0.1, -0.05) is 17.7 Å². The van der Waals surface area contributed by atoms with Gasteiger partial charge in [-0.05, 0) is 55.8 Å². The van der Waals surface area contributed by atoms with Crippen molar-refractivity contribution in [1.82, 2.24) is 4.31 Å². The van der Waals surface area contributed by atoms with Crippen molar-refractivity contribution >= 4 is 33.2 Å². The summed E-state index contributed by atoms with van der Waals surface area (Å²) in [7, 11) is -0.679. The zero-order chi connectivity index (χ0) is 19.5. The summed E-state index contributed by atoms with van der Waals surface area (Å²) in [5.41, 5.74) is 1.17. The van der Waals surface area contributed by atoms with E-state index in [1.807, 2.05) is 0 Å². The summed E-state index contributed by atoms with van der Waals surface area (Å²) in [6.07, 6.45) is -0.773. The molecule has 1 amide bonds. The predicted molar refractivity (Wildman–Crippen MR) is 102 cm³/mol. The third-order valence-corrected chi connectivity index (χ3v) is 5.80. The quantitative estimate of drug-likeness (QED) is 0.812. The molecule has 0 aromatic heterocycles. The van der Waals surface area contributed by atoms with Crippen molar-refractivity contribution in [1.29, 1.82) is 0 Å². The first-order chi connectivity index (χ1) is 12.1. The van der Waals surface area contributed by atoms with E-state index >= 15 is 0 Å². The molecule has 0 saturated heterocycles. The fourth-order valence-corrected chi connectivity index (χ4v) is 3.17. The van der Waals surface area contributed by atoms with Gasteiger partial charge in [0.1, 0.15) is 5.75 Å². The van der Waals surface area contributed by atoms with E-state index in [1.165, 1.54) is 26.2 Å². The van der Waals surface area contributed by atoms with Gasteiger partial charge in [-0.15, -0.1) is 0 Å². The van der Waals surface area contributed by atoms with E-state index in [2.05, 4.69) is 5.32 Å². The largest absolute Gasteiger partial charge is 0.481 e. The summed E-state index contributed by atoms with van der Waals surface area (Å²) in [5, 5.41) is 3.29. The number of rotatable bonds is 6. The van der Waals surface area contributed by atoms with E-state index in [0.717, 1.165) is 9.87 Å². The highest BCUT2D eigenvalue weighted by Crippen LogP contribution is 2.23. The van der Waals surface area contributed by atoms with Crippen LogP contribution in [0.1, 0.15) is 12.5 Å². The molecule has 0 saturated carbocycles. The summed E-state index contributed by atoms with van der Waals surface area (Å²) in [4.78, 5) is 12.5. The minimum Gasteiger partial charge on any atom is -0.481 e. The lowest BCUT2D eigenvalue weighted by atomic mass is 10.2. The molecule has 26 heavy (non-hydrogen) atoms. The number of nitrogens with zero attached hydrogens (tertiary/aromatic N) is 1. The number of hydrogen-bond acceptors (Lipinski definition) is 4. The first-order valence-electron chi connectivity index (χ1n) is 7.87. The number of halogens is 1. The molecule has 1 unspecified atom stereocenters. The summed E-state index contributed by atoms with van der Waals surface area (Å²) in [6, 6.07) is 11.3. The number of carbonyl (C=O) groups is 1. The molecule has 1 N–H and O–H groups in total. The Bertz CT molecular complexity index is 896. The molecule has 0 heterocycles. The Morgan fingerprint density at radius 3 is 2.35 bits per heavy atom. The smallest absolute Gasteiger partial charge is 0.265 e. The van der Waals surface area contributed by atoms with Crippen LogP contribution >= 0.6 is 11.6 Å². The average Bonchev–Trinajstić information content (AvgIpc) is 2.58. The van der Waals surface area contributed by atoms with Crippen LogP contribution in [0.3, 0.4) is 0 Å². The molecule has 0 aliphatic heterocycles. The van der Waals surface area contributed by atoms with Crippen LogP contribution in [0.5, 0.6) is 5.75 Å². The van der Waals surface area contributed by atoms with Crippen LogP contribution in [0.2, 0.25) is 5.02 Å². The summed E-state index contributed by atoms with van der Waals surface area (Å²) < 4.78 is 31.2. The molecule has 2 aromatic rings. The van der Waals surface area contributed by atoms with Crippen molar-refractivity contribution < 1.29 is 17.9 Å². The second-order valence-corrected chi connectivity index (χ2v) is 8.56. The molecule has 2 aromatic carbocycles. The molecule has 0 spiro atoms. The molecular formula is C18H21ClN2O4S. The van der Waals surface area contributed by atoms with E-state index in [-0.39, 0.29) is 10.8 Å². The van der Waals surface area contributed by atoms with Gasteiger partial charge in [0.2, 0.25) is 10.0 Å². The van der Waals surface area contributed by atoms with Crippen molar-refractivity contribution in [3.63, 3.8) is 0 Å². The van der Waals surface area contributed by atoms with Gasteiger partial charge in [0.15, 0.2) is 6.10 Å². The first kappa shape index (κ1) is 20.2. The lowest BCUT2D eigenvalue weighted by Crippen LogP contribution is -2.30. The van der Waals surface area contributed by atoms with E-state index in [4.69, 9.17) is 16.3 Å². The SMILES string of the molecule is Cc1ccc(S(=O)(=O)N(C)C)cc1NC(=O)C(C)Oc1ccc(Cl)cc1. The third kappa shape index (κ3) is 4.75. The van der Waals surface area contributed by atoms with Gasteiger partial charge in [-0.25, -0.2) is 12.7 Å². The van der Waals surface area contributed by atoms with Crippen LogP contribution in [-0.2, 0) is 14.8 Å². The molecule has 8 heteroatoms. The van der Waals surface area contributed by atoms with Crippen LogP contribution in [0.15, 0.2) is 47.4 Å². The molecule has 1 atom stereocenters. The standard InChI is InChI=1S/C18H21ClN2O4S/c1-12-5-10-16(26(23,24)21(3)4)11-17(12)20-18(22)13(2)25-15-8-6-14(19)7-9-15/h5-11,13H,1-4H3,(H,20,22). The zero-order valence-corrected chi connectivity index (χ0v) is 16.6. The van der Waals surface area contributed by atoms with Gasteiger partial charge < -0.3 is 10.1 Å². The Balaban J connectivity index is 2.16. The Labute approximate surface area is 158 Å². The number of benzene rings is 2. The number of aryl methyl sites for hydroxylation is 1. The van der Waals surface area contributed by atoms with Gasteiger partial charge >= 0.3 is 0 Å². The molecule has 140 valence electrons. The molecule has 0 bridgehead atoms. The average molecular weight is 397 g/mol. The summed E-state index contributed by atoms with van der Waals surface area (Å²) >= 11 is 5.82. The number of carbonyl (C=O) groups excluding carboxylic acids is 1. The van der Waals surface area contributed by atoms with Crippen LogP contribution in [0, 0.1) is 6.92 Å². The number of anilines is 1. The van der Waals surface area contributed by atoms with E-state index in [9.17, 15) is 13.2 Å². The minimum atomic E-state index is -3.59. The minimum absolute atomic E-state index is 0.106. The number of sulfonamides is 1. The Kier molecular flexibility index (Phi) is 6.28. The first-order valence-corrected chi connectivity index (χ1v) is 9.69. The number of hydrogen-bond donors (Lipinski definition) is 1. The van der Waals surface area contributed by atoms with E-state index in [1.54, 1.807) is 44.2 Å². The molecule has 0 aliphatic carbocycles. The van der Waals surface area contributed by atoms with E-state index < -0.39 is 16.1 Å². The van der Waals surface area contributed by atoms with Crippen molar-refractivity contribution in [3.05, 3.63) is 53.1 Å². The van der Waals surface area contributed by atoms with Crippen molar-refractivity contribution in [3.8, 4) is 5.75 Å². The third-order valence-electron chi connectivity index (χ3n) is 3.74. The second kappa shape index (κ2) is 8.07. The Hall–Kier alpha value is -2.09. The van der Waals surface area contributed by atoms with Gasteiger partial charge in [0.25, 0.3) is 5.91 Å². The highest BCUT2D eigenvalue weighted by atomic mass is 35.5. The normalized spacial score (nSPS) is 12.7. The topological polar surface area (TPSA) is 75.7 Å². The predicted octanol–water partition coefficient (Wildman–Crippen LogP) is 3.30. The van der Waals surface area contributed by atoms with Crippen molar-refractivity contribution in [2.24, 2.45) is 0 Å². The van der Waals surface area contributed by atoms with Gasteiger partial charge in [-0.3, -0.25) is 4.79 Å². The molecular weight excluding hydrogens is 376 g/mol. The maximum Gasteiger partial charge on any atom is 0.265 e. The maximum atomic E-state index is 12.4. The van der Waals surface area contributed by atoms with Crippen LogP contribution in [-0.4, -0.2) is 38.8 Å². The lowest BCUT2D eigenvalue weighted by Gasteiger charge is -2.17. The molecule has 2 rings (SSSR count). The van der Waals surface area contributed by atoms with Crippen molar-refractivity contribution in [2.75, 3.05) is 19.4 Å². The van der Waals surface area contributed by atoms with Crippen molar-refractivity contribution in [2.45, 2.75) is 24.8 Å². The fourth-order valence-electron chi connectivity index (χ4n) is 2.11. The van der Waals surface area contributed by atoms with Crippen LogP contribution in [0.25, 0.3) is 0 Å². The zero-order valence-electron chi connectivity index (χ0n) is 15.0. The van der Waals surface area contributed by atoms with Crippen LogP contribution < -0.4 is 10.1 Å². The second-order valence-electron chi connectivity index (χ2n) is 5.97. The Morgan fingerprint density at radius 2 is 1.77 bits per heavy atom. The maximum absolute atomic E-state index is 12.4. The highest BCUT2D eigenvalue weighted by Gasteiger charge is 2.20. The molecule has 6 nitrogen and oxygen atoms in total. The highest BCUT2D eigenvalue weighted by molar-refractivity contribution is 7.89. The number of amides is 1. The molecule has 0 aliphatic rings. The van der Waals surface area contributed by atoms with E-state index in [0.29, 0.717) is 16.5 Å². The van der Waals surface area contributed by atoms with Crippen LogP contribution in [0.4, 0.5) is 5.69 Å². The molecule has 0 radical (unpaired) electrons. The summed E-state index contributed by atoms with van der Waals surface area (Å²) in [5.74, 6) is 0.125. The van der Waals surface area contributed by atoms with Gasteiger partial charge in [-0.2, -0.15) is 0 Å². The fraction of sp³-hybridized carbons (Fsp3) is 0.278. The summed E-state index contributed by atoms with van der Waals surface area (Å²) in [6.45, 7) is 3.39. The molecule has 0 fully saturated rings. The van der Waals surface area contributed by atoms with Gasteiger partial charge in [0.05, 0.1) is 4.90 Å². The Morgan fingerprint density at radius 1 is 1.15 bits per heavy atom. The lowest BCUT2D eigenvalue weighted by molar-refractivity contribution is -0.122. The monoisotopic (exact) mass is 396 g/mol. The number of ether oxygens (including phenoxy) is 1.